The number of rotatable bonds is 8. The summed E-state index contributed by atoms with van der Waals surface area (Å²) < 4.78 is 5.08. The molecule has 25 heavy (non-hydrogen) atoms. The van der Waals surface area contributed by atoms with Gasteiger partial charge in [0.15, 0.2) is 5.96 Å². The van der Waals surface area contributed by atoms with Crippen molar-refractivity contribution in [1.82, 2.24) is 10.6 Å². The second-order valence-electron chi connectivity index (χ2n) is 6.26. The fraction of sp³-hybridized carbons (Fsp3) is 0.632. The number of hydrogen-bond donors (Lipinski definition) is 2. The van der Waals surface area contributed by atoms with Crippen molar-refractivity contribution in [2.75, 3.05) is 44.8 Å². The van der Waals surface area contributed by atoms with Gasteiger partial charge >= 0.3 is 0 Å². The Hall–Kier alpha value is -1.02. The minimum Gasteiger partial charge on any atom is -0.385 e. The number of hydrogen-bond acceptors (Lipinski definition) is 3. The molecule has 0 spiro atoms. The summed E-state index contributed by atoms with van der Waals surface area (Å²) in [4.78, 5) is 7.09. The lowest BCUT2D eigenvalue weighted by molar-refractivity contribution is 0.197. The summed E-state index contributed by atoms with van der Waals surface area (Å²) in [5.74, 6) is 0.868. The molecule has 0 saturated carbocycles. The Balaban J connectivity index is 0.00000312. The van der Waals surface area contributed by atoms with E-state index in [1.165, 1.54) is 37.2 Å². The van der Waals surface area contributed by atoms with E-state index in [2.05, 4.69) is 58.6 Å². The fourth-order valence-electron chi connectivity index (χ4n) is 2.97. The summed E-state index contributed by atoms with van der Waals surface area (Å²) in [6.45, 7) is 9.00. The maximum Gasteiger partial charge on any atom is 0.191 e. The molecule has 0 aromatic heterocycles. The van der Waals surface area contributed by atoms with Gasteiger partial charge in [0.05, 0.1) is 6.04 Å². The normalized spacial score (nSPS) is 15.6. The van der Waals surface area contributed by atoms with E-state index in [-0.39, 0.29) is 30.0 Å². The van der Waals surface area contributed by atoms with Gasteiger partial charge in [-0.05, 0) is 50.8 Å². The average molecular weight is 460 g/mol. The average Bonchev–Trinajstić information content (AvgIpc) is 3.13. The zero-order valence-corrected chi connectivity index (χ0v) is 18.1. The molecule has 1 aromatic rings. The molecule has 2 rings (SSSR count). The molecular weight excluding hydrogens is 427 g/mol. The molecule has 1 heterocycles. The highest BCUT2D eigenvalue weighted by molar-refractivity contribution is 14.0. The molecule has 1 unspecified atom stereocenters. The van der Waals surface area contributed by atoms with E-state index in [0.717, 1.165) is 32.1 Å². The van der Waals surface area contributed by atoms with Crippen LogP contribution in [-0.2, 0) is 4.74 Å². The standard InChI is InChI=1S/C19H32N4O.HI/c1-4-20-19(21-11-8-14-24-3)22-16(2)17-9-7-10-18(15-17)23-12-5-6-13-23;/h7,9-10,15-16H,4-6,8,11-14H2,1-3H3,(H2,20,21,22);1H. The van der Waals surface area contributed by atoms with Crippen molar-refractivity contribution >= 4 is 35.6 Å². The number of aliphatic imine (C=N–C) groups is 1. The SMILES string of the molecule is CCNC(=NCCCOC)NC(C)c1cccc(N2CCCC2)c1.I. The van der Waals surface area contributed by atoms with Crippen molar-refractivity contribution < 1.29 is 4.74 Å². The molecule has 1 saturated heterocycles. The summed E-state index contributed by atoms with van der Waals surface area (Å²) in [5.41, 5.74) is 2.63. The Bertz CT molecular complexity index is 518. The quantitative estimate of drug-likeness (QED) is 0.270. The molecule has 2 N–H and O–H groups in total. The second kappa shape index (κ2) is 12.4. The molecule has 0 bridgehead atoms. The first kappa shape index (κ1) is 22.0. The third-order valence-corrected chi connectivity index (χ3v) is 4.32. The van der Waals surface area contributed by atoms with Crippen LogP contribution in [-0.4, -0.2) is 45.9 Å². The van der Waals surface area contributed by atoms with Gasteiger partial charge in [-0.15, -0.1) is 24.0 Å². The van der Waals surface area contributed by atoms with E-state index in [0.29, 0.717) is 0 Å². The molecule has 0 amide bonds. The van der Waals surface area contributed by atoms with Gasteiger partial charge in [-0.1, -0.05) is 12.1 Å². The molecule has 1 fully saturated rings. The van der Waals surface area contributed by atoms with Crippen molar-refractivity contribution in [1.29, 1.82) is 0 Å². The van der Waals surface area contributed by atoms with Crippen molar-refractivity contribution in [2.24, 2.45) is 4.99 Å². The van der Waals surface area contributed by atoms with Gasteiger partial charge in [0.1, 0.15) is 0 Å². The Morgan fingerprint density at radius 1 is 1.32 bits per heavy atom. The van der Waals surface area contributed by atoms with Crippen LogP contribution < -0.4 is 15.5 Å². The maximum atomic E-state index is 5.08. The second-order valence-corrected chi connectivity index (χ2v) is 6.26. The van der Waals surface area contributed by atoms with Crippen LogP contribution in [0.4, 0.5) is 5.69 Å². The number of halogens is 1. The lowest BCUT2D eigenvalue weighted by Gasteiger charge is -2.22. The van der Waals surface area contributed by atoms with Crippen LogP contribution in [0.1, 0.15) is 44.7 Å². The Labute approximate surface area is 169 Å². The highest BCUT2D eigenvalue weighted by Crippen LogP contribution is 2.23. The zero-order valence-electron chi connectivity index (χ0n) is 15.8. The first-order chi connectivity index (χ1) is 11.7. The van der Waals surface area contributed by atoms with Crippen LogP contribution in [0, 0.1) is 0 Å². The third-order valence-electron chi connectivity index (χ3n) is 4.32. The van der Waals surface area contributed by atoms with Crippen LogP contribution >= 0.6 is 24.0 Å². The highest BCUT2D eigenvalue weighted by atomic mass is 127. The fourth-order valence-corrected chi connectivity index (χ4v) is 2.97. The molecule has 5 nitrogen and oxygen atoms in total. The summed E-state index contributed by atoms with van der Waals surface area (Å²) in [7, 11) is 1.72. The Morgan fingerprint density at radius 3 is 2.76 bits per heavy atom. The van der Waals surface area contributed by atoms with Crippen LogP contribution in [0.2, 0.25) is 0 Å². The smallest absolute Gasteiger partial charge is 0.191 e. The number of benzene rings is 1. The molecule has 0 radical (unpaired) electrons. The minimum atomic E-state index is 0. The van der Waals surface area contributed by atoms with Crippen molar-refractivity contribution in [2.45, 2.75) is 39.2 Å². The number of methoxy groups -OCH3 is 1. The predicted octanol–water partition coefficient (Wildman–Crippen LogP) is 3.56. The van der Waals surface area contributed by atoms with E-state index in [1.54, 1.807) is 7.11 Å². The van der Waals surface area contributed by atoms with E-state index in [1.807, 2.05) is 0 Å². The van der Waals surface area contributed by atoms with Crippen molar-refractivity contribution in [3.8, 4) is 0 Å². The lowest BCUT2D eigenvalue weighted by atomic mass is 10.1. The predicted molar refractivity (Wildman–Crippen MR) is 117 cm³/mol. The van der Waals surface area contributed by atoms with Gasteiger partial charge in [-0.2, -0.15) is 0 Å². The van der Waals surface area contributed by atoms with Gasteiger partial charge in [0.2, 0.25) is 0 Å². The molecular formula is C19H33IN4O. The number of anilines is 1. The third kappa shape index (κ3) is 7.40. The number of guanidine groups is 1. The topological polar surface area (TPSA) is 48.9 Å². The zero-order chi connectivity index (χ0) is 17.2. The highest BCUT2D eigenvalue weighted by Gasteiger charge is 2.14. The minimum absolute atomic E-state index is 0. The number of nitrogens with one attached hydrogen (secondary N) is 2. The molecule has 0 aliphatic carbocycles. The summed E-state index contributed by atoms with van der Waals surface area (Å²) in [5, 5.41) is 6.83. The van der Waals surface area contributed by atoms with Crippen LogP contribution in [0.5, 0.6) is 0 Å². The van der Waals surface area contributed by atoms with Crippen LogP contribution in [0.25, 0.3) is 0 Å². The Kier molecular flexibility index (Phi) is 10.9. The molecule has 142 valence electrons. The summed E-state index contributed by atoms with van der Waals surface area (Å²) in [6.07, 6.45) is 3.54. The molecule has 1 aliphatic heterocycles. The first-order valence-corrected chi connectivity index (χ1v) is 9.13. The summed E-state index contributed by atoms with van der Waals surface area (Å²) >= 11 is 0. The van der Waals surface area contributed by atoms with Gasteiger partial charge in [0.25, 0.3) is 0 Å². The molecule has 1 aliphatic rings. The van der Waals surface area contributed by atoms with Gasteiger partial charge < -0.3 is 20.3 Å². The largest absolute Gasteiger partial charge is 0.385 e. The molecule has 6 heteroatoms. The monoisotopic (exact) mass is 460 g/mol. The van der Waals surface area contributed by atoms with Crippen molar-refractivity contribution in [3.05, 3.63) is 29.8 Å². The van der Waals surface area contributed by atoms with Crippen molar-refractivity contribution in [3.63, 3.8) is 0 Å². The van der Waals surface area contributed by atoms with Crippen LogP contribution in [0.3, 0.4) is 0 Å². The van der Waals surface area contributed by atoms with E-state index in [4.69, 9.17) is 4.74 Å². The molecule has 1 aromatic carbocycles. The van der Waals surface area contributed by atoms with Gasteiger partial charge in [-0.3, -0.25) is 4.99 Å². The number of ether oxygens (including phenoxy) is 1. The van der Waals surface area contributed by atoms with E-state index < -0.39 is 0 Å². The van der Waals surface area contributed by atoms with Gasteiger partial charge in [0, 0.05) is 45.6 Å². The Morgan fingerprint density at radius 2 is 2.08 bits per heavy atom. The maximum absolute atomic E-state index is 5.08. The number of nitrogens with zero attached hydrogens (tertiary/aromatic N) is 2. The van der Waals surface area contributed by atoms with E-state index >= 15 is 0 Å². The van der Waals surface area contributed by atoms with Gasteiger partial charge in [-0.25, -0.2) is 0 Å². The summed E-state index contributed by atoms with van der Waals surface area (Å²) in [6, 6.07) is 9.08. The van der Waals surface area contributed by atoms with Crippen LogP contribution in [0.15, 0.2) is 29.3 Å². The molecule has 1 atom stereocenters. The lowest BCUT2D eigenvalue weighted by Crippen LogP contribution is -2.38. The van der Waals surface area contributed by atoms with E-state index in [9.17, 15) is 0 Å². The first-order valence-electron chi connectivity index (χ1n) is 9.13.